The molecule has 20 heavy (non-hydrogen) atoms. The summed E-state index contributed by atoms with van der Waals surface area (Å²) in [6.45, 7) is 0. The van der Waals surface area contributed by atoms with E-state index >= 15 is 0 Å². The molecule has 0 spiro atoms. The molecular weight excluding hydrogens is 329 g/mol. The summed E-state index contributed by atoms with van der Waals surface area (Å²) in [5, 5.41) is 11.2. The van der Waals surface area contributed by atoms with Crippen molar-refractivity contribution in [3.63, 3.8) is 0 Å². The Morgan fingerprint density at radius 1 is 1.05 bits per heavy atom. The van der Waals surface area contributed by atoms with E-state index < -0.39 is 17.7 Å². The summed E-state index contributed by atoms with van der Waals surface area (Å²) in [5.74, 6) is -2.14. The maximum Gasteiger partial charge on any atom is 0.335 e. The number of carboxylic acid groups (broad SMARTS) is 1. The van der Waals surface area contributed by atoms with Crippen LogP contribution in [-0.4, -0.2) is 17.0 Å². The third-order valence-corrected chi connectivity index (χ3v) is 3.06. The van der Waals surface area contributed by atoms with E-state index in [9.17, 15) is 14.0 Å². The van der Waals surface area contributed by atoms with Gasteiger partial charge in [-0.2, -0.15) is 0 Å². The lowest BCUT2D eigenvalue weighted by molar-refractivity contribution is 0.0696. The summed E-state index contributed by atoms with van der Waals surface area (Å²) in [6, 6.07) is 9.56. The van der Waals surface area contributed by atoms with Gasteiger partial charge >= 0.3 is 5.97 Å². The van der Waals surface area contributed by atoms with E-state index in [1.807, 2.05) is 0 Å². The molecule has 102 valence electrons. The quantitative estimate of drug-likeness (QED) is 0.900. The van der Waals surface area contributed by atoms with Gasteiger partial charge in [0.1, 0.15) is 5.82 Å². The van der Waals surface area contributed by atoms with Crippen molar-refractivity contribution in [1.82, 2.24) is 0 Å². The van der Waals surface area contributed by atoms with E-state index in [1.165, 1.54) is 42.5 Å². The smallest absolute Gasteiger partial charge is 0.335 e. The summed E-state index contributed by atoms with van der Waals surface area (Å²) in [5.41, 5.74) is 0.372. The van der Waals surface area contributed by atoms with Gasteiger partial charge in [0.15, 0.2) is 0 Å². The lowest BCUT2D eigenvalue weighted by Gasteiger charge is -2.07. The number of amides is 1. The molecule has 0 unspecified atom stereocenters. The van der Waals surface area contributed by atoms with Crippen LogP contribution in [0.3, 0.4) is 0 Å². The fourth-order valence-electron chi connectivity index (χ4n) is 1.55. The molecule has 0 aromatic heterocycles. The van der Waals surface area contributed by atoms with Crippen molar-refractivity contribution >= 4 is 33.5 Å². The highest BCUT2D eigenvalue weighted by atomic mass is 79.9. The highest BCUT2D eigenvalue weighted by Crippen LogP contribution is 2.20. The third kappa shape index (κ3) is 3.21. The molecule has 0 heterocycles. The largest absolute Gasteiger partial charge is 0.478 e. The minimum atomic E-state index is -1.07. The maximum atomic E-state index is 13.5. The van der Waals surface area contributed by atoms with Crippen molar-refractivity contribution < 1.29 is 19.1 Å². The zero-order valence-electron chi connectivity index (χ0n) is 10.1. The van der Waals surface area contributed by atoms with E-state index in [-0.39, 0.29) is 16.8 Å². The van der Waals surface area contributed by atoms with Crippen LogP contribution in [0.4, 0.5) is 10.1 Å². The average Bonchev–Trinajstić information content (AvgIpc) is 2.43. The van der Waals surface area contributed by atoms with E-state index in [2.05, 4.69) is 21.2 Å². The van der Waals surface area contributed by atoms with Crippen LogP contribution in [0.25, 0.3) is 0 Å². The average molecular weight is 338 g/mol. The van der Waals surface area contributed by atoms with Gasteiger partial charge < -0.3 is 10.4 Å². The number of nitrogens with one attached hydrogen (secondary N) is 1. The van der Waals surface area contributed by atoms with Crippen molar-refractivity contribution in [2.24, 2.45) is 0 Å². The first-order valence-electron chi connectivity index (χ1n) is 5.57. The Kier molecular flexibility index (Phi) is 4.14. The zero-order valence-corrected chi connectivity index (χ0v) is 11.6. The number of aromatic carboxylic acids is 1. The molecule has 2 rings (SSSR count). The molecule has 6 heteroatoms. The molecule has 0 aliphatic rings. The second kappa shape index (κ2) is 5.83. The van der Waals surface area contributed by atoms with Crippen LogP contribution < -0.4 is 5.32 Å². The van der Waals surface area contributed by atoms with Gasteiger partial charge in [-0.3, -0.25) is 4.79 Å². The van der Waals surface area contributed by atoms with Gasteiger partial charge in [-0.05, 0) is 42.5 Å². The molecule has 4 nitrogen and oxygen atoms in total. The van der Waals surface area contributed by atoms with E-state index in [1.54, 1.807) is 0 Å². The Morgan fingerprint density at radius 3 is 2.25 bits per heavy atom. The zero-order chi connectivity index (χ0) is 14.7. The van der Waals surface area contributed by atoms with Gasteiger partial charge in [0.2, 0.25) is 0 Å². The minimum absolute atomic E-state index is 0.0479. The predicted molar refractivity (Wildman–Crippen MR) is 75.5 cm³/mol. The maximum absolute atomic E-state index is 13.5. The van der Waals surface area contributed by atoms with Crippen LogP contribution in [0.1, 0.15) is 20.7 Å². The molecule has 2 N–H and O–H groups in total. The lowest BCUT2D eigenvalue weighted by Crippen LogP contribution is -2.13. The highest BCUT2D eigenvalue weighted by Gasteiger charge is 2.11. The van der Waals surface area contributed by atoms with Gasteiger partial charge in [0.05, 0.1) is 11.3 Å². The van der Waals surface area contributed by atoms with Crippen molar-refractivity contribution in [2.45, 2.75) is 0 Å². The van der Waals surface area contributed by atoms with Crippen LogP contribution in [-0.2, 0) is 0 Å². The van der Waals surface area contributed by atoms with Crippen LogP contribution in [0.2, 0.25) is 0 Å². The Labute approximate surface area is 122 Å². The van der Waals surface area contributed by atoms with Crippen LogP contribution in [0.5, 0.6) is 0 Å². The van der Waals surface area contributed by atoms with Gasteiger partial charge in [-0.25, -0.2) is 9.18 Å². The first-order valence-corrected chi connectivity index (χ1v) is 6.36. The van der Waals surface area contributed by atoms with Crippen molar-refractivity contribution in [1.29, 1.82) is 0 Å². The Morgan fingerprint density at radius 2 is 1.65 bits per heavy atom. The number of benzene rings is 2. The molecule has 0 atom stereocenters. The highest BCUT2D eigenvalue weighted by molar-refractivity contribution is 9.10. The Balaban J connectivity index is 2.19. The molecule has 2 aromatic carbocycles. The molecule has 1 amide bonds. The topological polar surface area (TPSA) is 66.4 Å². The molecule has 0 fully saturated rings. The van der Waals surface area contributed by atoms with Crippen molar-refractivity contribution in [2.75, 3.05) is 5.32 Å². The number of anilines is 1. The summed E-state index contributed by atoms with van der Waals surface area (Å²) in [6.07, 6.45) is 0. The van der Waals surface area contributed by atoms with Crippen molar-refractivity contribution in [3.05, 3.63) is 63.9 Å². The number of halogens is 2. The molecule has 0 radical (unpaired) electrons. The molecule has 0 saturated heterocycles. The molecule has 0 aliphatic heterocycles. The first kappa shape index (κ1) is 14.2. The molecule has 2 aromatic rings. The second-order valence-corrected chi connectivity index (χ2v) is 4.88. The number of carbonyl (C=O) groups is 2. The molecule has 0 saturated carbocycles. The normalized spacial score (nSPS) is 10.1. The van der Waals surface area contributed by atoms with Crippen LogP contribution in [0.15, 0.2) is 46.9 Å². The molecule has 0 bridgehead atoms. The van der Waals surface area contributed by atoms with Crippen LogP contribution >= 0.6 is 15.9 Å². The Bertz CT molecular complexity index is 671. The predicted octanol–water partition coefficient (Wildman–Crippen LogP) is 3.54. The van der Waals surface area contributed by atoms with Gasteiger partial charge in [-0.15, -0.1) is 0 Å². The Hall–Kier alpha value is -2.21. The fourth-order valence-corrected chi connectivity index (χ4v) is 1.91. The summed E-state index contributed by atoms with van der Waals surface area (Å²) in [4.78, 5) is 22.6. The number of hydrogen-bond donors (Lipinski definition) is 2. The second-order valence-electron chi connectivity index (χ2n) is 3.96. The minimum Gasteiger partial charge on any atom is -0.478 e. The molecular formula is C14H9BrFNO3. The lowest BCUT2D eigenvalue weighted by atomic mass is 10.1. The van der Waals surface area contributed by atoms with E-state index in [4.69, 9.17) is 5.11 Å². The first-order chi connectivity index (χ1) is 9.47. The SMILES string of the molecule is O=C(O)c1ccc(C(=O)Nc2cc(Br)ccc2F)cc1. The van der Waals surface area contributed by atoms with Gasteiger partial charge in [-0.1, -0.05) is 15.9 Å². The number of hydrogen-bond acceptors (Lipinski definition) is 2. The van der Waals surface area contributed by atoms with E-state index in [0.29, 0.717) is 4.47 Å². The molecule has 0 aliphatic carbocycles. The fraction of sp³-hybridized carbons (Fsp3) is 0. The number of carbonyl (C=O) groups excluding carboxylic acids is 1. The standard InChI is InChI=1S/C14H9BrFNO3/c15-10-5-6-11(16)12(7-10)17-13(18)8-1-3-9(4-2-8)14(19)20/h1-7H,(H,17,18)(H,19,20). The van der Waals surface area contributed by atoms with Crippen molar-refractivity contribution in [3.8, 4) is 0 Å². The number of rotatable bonds is 3. The van der Waals surface area contributed by atoms with Gasteiger partial charge in [0, 0.05) is 10.0 Å². The summed E-state index contributed by atoms with van der Waals surface area (Å²) in [7, 11) is 0. The third-order valence-electron chi connectivity index (χ3n) is 2.57. The van der Waals surface area contributed by atoms with Gasteiger partial charge in [0.25, 0.3) is 5.91 Å². The monoisotopic (exact) mass is 337 g/mol. The van der Waals surface area contributed by atoms with E-state index in [0.717, 1.165) is 0 Å². The number of carboxylic acids is 1. The van der Waals surface area contributed by atoms with Crippen LogP contribution in [0, 0.1) is 5.82 Å². The summed E-state index contributed by atoms with van der Waals surface area (Å²) >= 11 is 3.18. The summed E-state index contributed by atoms with van der Waals surface area (Å²) < 4.78 is 14.1.